The van der Waals surface area contributed by atoms with E-state index >= 15 is 0 Å². The van der Waals surface area contributed by atoms with Gasteiger partial charge in [0.05, 0.1) is 0 Å². The minimum absolute atomic E-state index is 0.0729. The number of carbonyl (C=O) groups excluding carboxylic acids is 1. The molecular formula is C12H19N3O. The van der Waals surface area contributed by atoms with E-state index in [2.05, 4.69) is 10.6 Å². The van der Waals surface area contributed by atoms with E-state index in [1.54, 1.807) is 0 Å². The summed E-state index contributed by atoms with van der Waals surface area (Å²) in [7, 11) is 0. The van der Waals surface area contributed by atoms with Crippen LogP contribution in [0, 0.1) is 0 Å². The molecule has 1 rings (SSSR count). The summed E-state index contributed by atoms with van der Waals surface area (Å²) in [6.45, 7) is 6.08. The van der Waals surface area contributed by atoms with Gasteiger partial charge in [-0.05, 0) is 32.0 Å². The van der Waals surface area contributed by atoms with Gasteiger partial charge in [-0.2, -0.15) is 0 Å². The average Bonchev–Trinajstić information content (AvgIpc) is 2.13. The monoisotopic (exact) mass is 221 g/mol. The summed E-state index contributed by atoms with van der Waals surface area (Å²) in [5.41, 5.74) is 7.34. The van der Waals surface area contributed by atoms with Gasteiger partial charge in [-0.25, -0.2) is 0 Å². The second-order valence-electron chi connectivity index (χ2n) is 4.60. The minimum Gasteiger partial charge on any atom is -0.383 e. The van der Waals surface area contributed by atoms with Gasteiger partial charge in [0.25, 0.3) is 0 Å². The minimum atomic E-state index is -0.260. The van der Waals surface area contributed by atoms with Gasteiger partial charge in [0, 0.05) is 30.4 Å². The van der Waals surface area contributed by atoms with E-state index in [1.165, 1.54) is 6.92 Å². The average molecular weight is 221 g/mol. The summed E-state index contributed by atoms with van der Waals surface area (Å²) in [6, 6.07) is 7.56. The first-order valence-corrected chi connectivity index (χ1v) is 5.27. The SMILES string of the molecule is CC(=O)Nc1cccc(NCC(C)(C)N)c1. The summed E-state index contributed by atoms with van der Waals surface area (Å²) in [5, 5.41) is 5.95. The van der Waals surface area contributed by atoms with E-state index in [0.717, 1.165) is 11.4 Å². The molecule has 0 aliphatic carbocycles. The van der Waals surface area contributed by atoms with Crippen LogP contribution < -0.4 is 16.4 Å². The highest BCUT2D eigenvalue weighted by molar-refractivity contribution is 5.89. The number of benzene rings is 1. The summed E-state index contributed by atoms with van der Waals surface area (Å²) >= 11 is 0. The molecule has 0 saturated heterocycles. The fourth-order valence-corrected chi connectivity index (χ4v) is 1.24. The lowest BCUT2D eigenvalue weighted by Gasteiger charge is -2.20. The van der Waals surface area contributed by atoms with Gasteiger partial charge in [0.2, 0.25) is 5.91 Å². The molecule has 0 saturated carbocycles. The highest BCUT2D eigenvalue weighted by Gasteiger charge is 2.09. The Kier molecular flexibility index (Phi) is 3.90. The number of nitrogens with one attached hydrogen (secondary N) is 2. The molecule has 0 unspecified atom stereocenters. The quantitative estimate of drug-likeness (QED) is 0.726. The fourth-order valence-electron chi connectivity index (χ4n) is 1.24. The van der Waals surface area contributed by atoms with E-state index < -0.39 is 0 Å². The van der Waals surface area contributed by atoms with E-state index in [0.29, 0.717) is 6.54 Å². The second-order valence-corrected chi connectivity index (χ2v) is 4.60. The van der Waals surface area contributed by atoms with Crippen LogP contribution in [-0.4, -0.2) is 18.0 Å². The number of rotatable bonds is 4. The molecule has 4 heteroatoms. The van der Waals surface area contributed by atoms with Crippen LogP contribution in [0.4, 0.5) is 11.4 Å². The van der Waals surface area contributed by atoms with Gasteiger partial charge in [0.1, 0.15) is 0 Å². The Labute approximate surface area is 96.2 Å². The molecule has 0 fully saturated rings. The molecule has 4 nitrogen and oxygen atoms in total. The molecule has 1 aromatic rings. The molecule has 0 aliphatic rings. The molecule has 0 heterocycles. The van der Waals surface area contributed by atoms with E-state index in [-0.39, 0.29) is 11.4 Å². The fraction of sp³-hybridized carbons (Fsp3) is 0.417. The van der Waals surface area contributed by atoms with Crippen molar-refractivity contribution in [2.45, 2.75) is 26.3 Å². The Morgan fingerprint density at radius 1 is 1.38 bits per heavy atom. The lowest BCUT2D eigenvalue weighted by Crippen LogP contribution is -2.39. The number of hydrogen-bond acceptors (Lipinski definition) is 3. The van der Waals surface area contributed by atoms with Crippen LogP contribution in [0.3, 0.4) is 0 Å². The lowest BCUT2D eigenvalue weighted by atomic mass is 10.1. The van der Waals surface area contributed by atoms with Crippen LogP contribution in [0.2, 0.25) is 0 Å². The Balaban J connectivity index is 2.64. The van der Waals surface area contributed by atoms with Crippen LogP contribution >= 0.6 is 0 Å². The van der Waals surface area contributed by atoms with Crippen LogP contribution in [0.25, 0.3) is 0 Å². The topological polar surface area (TPSA) is 67.2 Å². The normalized spacial score (nSPS) is 11.0. The maximum atomic E-state index is 10.9. The Morgan fingerprint density at radius 2 is 2.00 bits per heavy atom. The van der Waals surface area contributed by atoms with Crippen molar-refractivity contribution in [3.8, 4) is 0 Å². The van der Waals surface area contributed by atoms with Gasteiger partial charge in [0.15, 0.2) is 0 Å². The lowest BCUT2D eigenvalue weighted by molar-refractivity contribution is -0.114. The molecule has 0 bridgehead atoms. The molecule has 1 aromatic carbocycles. The molecule has 0 atom stereocenters. The number of carbonyl (C=O) groups is 1. The highest BCUT2D eigenvalue weighted by Crippen LogP contribution is 2.15. The van der Waals surface area contributed by atoms with Crippen molar-refractivity contribution >= 4 is 17.3 Å². The third kappa shape index (κ3) is 4.79. The summed E-state index contributed by atoms with van der Waals surface area (Å²) in [4.78, 5) is 10.9. The Bertz CT molecular complexity index is 369. The molecule has 88 valence electrons. The van der Waals surface area contributed by atoms with Gasteiger partial charge < -0.3 is 16.4 Å². The second kappa shape index (κ2) is 4.99. The van der Waals surface area contributed by atoms with Crippen molar-refractivity contribution in [1.29, 1.82) is 0 Å². The largest absolute Gasteiger partial charge is 0.383 e. The van der Waals surface area contributed by atoms with Gasteiger partial charge in [-0.3, -0.25) is 4.79 Å². The highest BCUT2D eigenvalue weighted by atomic mass is 16.1. The van der Waals surface area contributed by atoms with Crippen molar-refractivity contribution in [3.63, 3.8) is 0 Å². The van der Waals surface area contributed by atoms with Crippen LogP contribution in [0.1, 0.15) is 20.8 Å². The standard InChI is InChI=1S/C12H19N3O/c1-9(16)15-11-6-4-5-10(7-11)14-8-12(2,3)13/h4-7,14H,8,13H2,1-3H3,(H,15,16). The smallest absolute Gasteiger partial charge is 0.221 e. The molecule has 0 spiro atoms. The zero-order valence-electron chi connectivity index (χ0n) is 10.0. The van der Waals surface area contributed by atoms with Crippen LogP contribution in [-0.2, 0) is 4.79 Å². The maximum absolute atomic E-state index is 10.9. The predicted octanol–water partition coefficient (Wildman–Crippen LogP) is 1.79. The summed E-state index contributed by atoms with van der Waals surface area (Å²) in [6.07, 6.45) is 0. The van der Waals surface area contributed by atoms with Gasteiger partial charge in [-0.1, -0.05) is 6.07 Å². The first-order valence-electron chi connectivity index (χ1n) is 5.27. The summed E-state index contributed by atoms with van der Waals surface area (Å²) in [5.74, 6) is -0.0729. The molecule has 4 N–H and O–H groups in total. The zero-order valence-corrected chi connectivity index (χ0v) is 10.0. The van der Waals surface area contributed by atoms with E-state index in [9.17, 15) is 4.79 Å². The zero-order chi connectivity index (χ0) is 12.2. The molecule has 16 heavy (non-hydrogen) atoms. The van der Waals surface area contributed by atoms with Crippen molar-refractivity contribution in [3.05, 3.63) is 24.3 Å². The van der Waals surface area contributed by atoms with Crippen molar-refractivity contribution in [2.24, 2.45) is 5.73 Å². The molecule has 1 amide bonds. The maximum Gasteiger partial charge on any atom is 0.221 e. The third-order valence-electron chi connectivity index (χ3n) is 1.93. The predicted molar refractivity (Wildman–Crippen MR) is 67.5 cm³/mol. The van der Waals surface area contributed by atoms with Gasteiger partial charge in [-0.15, -0.1) is 0 Å². The first kappa shape index (κ1) is 12.5. The number of anilines is 2. The number of amides is 1. The molecule has 0 radical (unpaired) electrons. The molecule has 0 aliphatic heterocycles. The van der Waals surface area contributed by atoms with Crippen molar-refractivity contribution < 1.29 is 4.79 Å². The van der Waals surface area contributed by atoms with Crippen LogP contribution in [0.5, 0.6) is 0 Å². The Morgan fingerprint density at radius 3 is 2.56 bits per heavy atom. The Hall–Kier alpha value is -1.55. The number of hydrogen-bond donors (Lipinski definition) is 3. The van der Waals surface area contributed by atoms with E-state index in [1.807, 2.05) is 38.1 Å². The van der Waals surface area contributed by atoms with E-state index in [4.69, 9.17) is 5.73 Å². The first-order chi connectivity index (χ1) is 7.37. The van der Waals surface area contributed by atoms with Crippen LogP contribution in [0.15, 0.2) is 24.3 Å². The van der Waals surface area contributed by atoms with Gasteiger partial charge >= 0.3 is 0 Å². The third-order valence-corrected chi connectivity index (χ3v) is 1.93. The van der Waals surface area contributed by atoms with Crippen molar-refractivity contribution in [1.82, 2.24) is 0 Å². The number of nitrogens with two attached hydrogens (primary N) is 1. The summed E-state index contributed by atoms with van der Waals surface area (Å²) < 4.78 is 0. The van der Waals surface area contributed by atoms with Crippen molar-refractivity contribution in [2.75, 3.05) is 17.2 Å². The molecular weight excluding hydrogens is 202 g/mol. The molecule has 0 aromatic heterocycles.